The van der Waals surface area contributed by atoms with Crippen molar-refractivity contribution in [2.45, 2.75) is 56.3 Å². The third-order valence-electron chi connectivity index (χ3n) is 6.39. The van der Waals surface area contributed by atoms with Gasteiger partial charge >= 0.3 is 5.97 Å². The molecule has 4 unspecified atom stereocenters. The van der Waals surface area contributed by atoms with Gasteiger partial charge in [0.2, 0.25) is 17.7 Å². The first kappa shape index (κ1) is 29.0. The molecule has 0 aliphatic carbocycles. The lowest BCUT2D eigenvalue weighted by atomic mass is 10.0. The van der Waals surface area contributed by atoms with Gasteiger partial charge in [0.15, 0.2) is 0 Å². The van der Waals surface area contributed by atoms with Crippen LogP contribution in [-0.2, 0) is 32.0 Å². The number of nitrogens with one attached hydrogen (secondary N) is 3. The van der Waals surface area contributed by atoms with Crippen LogP contribution in [0, 0.1) is 0 Å². The summed E-state index contributed by atoms with van der Waals surface area (Å²) < 4.78 is 0. The number of carboxylic acids is 1. The van der Waals surface area contributed by atoms with Crippen LogP contribution in [0.15, 0.2) is 36.8 Å². The Bertz CT molecular complexity index is 1100. The molecule has 1 saturated heterocycles. The zero-order chi connectivity index (χ0) is 27.7. The molecule has 1 aliphatic rings. The van der Waals surface area contributed by atoms with Crippen molar-refractivity contribution in [2.24, 2.45) is 5.73 Å². The van der Waals surface area contributed by atoms with Crippen molar-refractivity contribution >= 4 is 35.5 Å². The van der Waals surface area contributed by atoms with Crippen molar-refractivity contribution in [1.29, 1.82) is 0 Å². The molecule has 12 nitrogen and oxygen atoms in total. The van der Waals surface area contributed by atoms with E-state index in [9.17, 15) is 29.4 Å². The van der Waals surface area contributed by atoms with E-state index in [1.54, 1.807) is 23.9 Å². The molecule has 2 heterocycles. The Morgan fingerprint density at radius 2 is 1.92 bits per heavy atom. The van der Waals surface area contributed by atoms with Crippen molar-refractivity contribution in [3.8, 4) is 5.75 Å². The van der Waals surface area contributed by atoms with E-state index in [0.717, 1.165) is 0 Å². The van der Waals surface area contributed by atoms with Crippen LogP contribution in [0.2, 0.25) is 0 Å². The Labute approximate surface area is 224 Å². The summed E-state index contributed by atoms with van der Waals surface area (Å²) in [5, 5.41) is 24.5. The van der Waals surface area contributed by atoms with Gasteiger partial charge in [-0.2, -0.15) is 11.8 Å². The highest BCUT2D eigenvalue weighted by molar-refractivity contribution is 7.98. The minimum atomic E-state index is -1.21. The van der Waals surface area contributed by atoms with Gasteiger partial charge in [-0.15, -0.1) is 0 Å². The third kappa shape index (κ3) is 7.96. The van der Waals surface area contributed by atoms with Crippen LogP contribution in [0.1, 0.15) is 30.5 Å². The van der Waals surface area contributed by atoms with Crippen LogP contribution in [0.3, 0.4) is 0 Å². The van der Waals surface area contributed by atoms with Gasteiger partial charge in [-0.3, -0.25) is 14.4 Å². The third-order valence-corrected chi connectivity index (χ3v) is 7.04. The number of phenolic OH excluding ortho intramolecular Hbond substituents is 1. The molecule has 1 aromatic carbocycles. The summed E-state index contributed by atoms with van der Waals surface area (Å²) in [6, 6.07) is 2.39. The average Bonchev–Trinajstić information content (AvgIpc) is 3.59. The number of aliphatic carboxylic acids is 1. The van der Waals surface area contributed by atoms with E-state index < -0.39 is 47.9 Å². The monoisotopic (exact) mass is 546 g/mol. The van der Waals surface area contributed by atoms with Gasteiger partial charge in [-0.25, -0.2) is 9.78 Å². The van der Waals surface area contributed by atoms with Crippen molar-refractivity contribution in [3.63, 3.8) is 0 Å². The Balaban J connectivity index is 1.75. The second-order valence-corrected chi connectivity index (χ2v) is 10.2. The minimum Gasteiger partial charge on any atom is -0.508 e. The second kappa shape index (κ2) is 13.8. The van der Waals surface area contributed by atoms with E-state index in [4.69, 9.17) is 5.73 Å². The largest absolute Gasteiger partial charge is 0.508 e. The van der Waals surface area contributed by atoms with Crippen LogP contribution in [0.5, 0.6) is 5.75 Å². The normalized spacial score (nSPS) is 17.4. The number of H-pyrrole nitrogens is 1. The molecule has 7 N–H and O–H groups in total. The fourth-order valence-electron chi connectivity index (χ4n) is 4.31. The highest BCUT2D eigenvalue weighted by atomic mass is 32.2. The van der Waals surface area contributed by atoms with E-state index in [-0.39, 0.29) is 25.1 Å². The highest BCUT2D eigenvalue weighted by Crippen LogP contribution is 2.21. The number of nitrogens with two attached hydrogens (primary N) is 1. The molecule has 0 bridgehead atoms. The van der Waals surface area contributed by atoms with Crippen molar-refractivity contribution in [1.82, 2.24) is 25.5 Å². The Morgan fingerprint density at radius 1 is 1.18 bits per heavy atom. The van der Waals surface area contributed by atoms with E-state index in [2.05, 4.69) is 20.6 Å². The van der Waals surface area contributed by atoms with E-state index in [0.29, 0.717) is 36.3 Å². The summed E-state index contributed by atoms with van der Waals surface area (Å²) in [7, 11) is 0. The summed E-state index contributed by atoms with van der Waals surface area (Å²) in [5.74, 6) is -1.96. The second-order valence-electron chi connectivity index (χ2n) is 9.19. The molecule has 2 aromatic rings. The number of likely N-dealkylation sites (tertiary alicyclic amines) is 1. The number of hydrogen-bond donors (Lipinski definition) is 6. The van der Waals surface area contributed by atoms with Gasteiger partial charge in [-0.1, -0.05) is 12.1 Å². The maximum atomic E-state index is 13.7. The lowest BCUT2D eigenvalue weighted by Gasteiger charge is -2.30. The molecule has 13 heteroatoms. The quantitative estimate of drug-likeness (QED) is 0.201. The summed E-state index contributed by atoms with van der Waals surface area (Å²) in [5.41, 5.74) is 7.27. The lowest BCUT2D eigenvalue weighted by molar-refractivity contribution is -0.144. The number of nitrogens with zero attached hydrogens (tertiary/aromatic N) is 2. The van der Waals surface area contributed by atoms with E-state index in [1.807, 2.05) is 6.26 Å². The number of aromatic hydroxyl groups is 1. The molecule has 1 aromatic heterocycles. The molecule has 3 amide bonds. The Morgan fingerprint density at radius 3 is 2.55 bits per heavy atom. The first-order valence-corrected chi connectivity index (χ1v) is 13.7. The fourth-order valence-corrected chi connectivity index (χ4v) is 4.80. The van der Waals surface area contributed by atoms with Gasteiger partial charge in [-0.05, 0) is 49.0 Å². The maximum absolute atomic E-state index is 13.7. The van der Waals surface area contributed by atoms with E-state index >= 15 is 0 Å². The van der Waals surface area contributed by atoms with Crippen LogP contribution >= 0.6 is 11.8 Å². The number of aromatic nitrogens is 2. The predicted octanol–water partition coefficient (Wildman–Crippen LogP) is 0.0261. The van der Waals surface area contributed by atoms with Crippen LogP contribution in [0.25, 0.3) is 0 Å². The van der Waals surface area contributed by atoms with Gasteiger partial charge in [0.25, 0.3) is 0 Å². The highest BCUT2D eigenvalue weighted by Gasteiger charge is 2.39. The molecule has 1 aliphatic heterocycles. The van der Waals surface area contributed by atoms with Crippen molar-refractivity contribution in [2.75, 3.05) is 18.6 Å². The summed E-state index contributed by atoms with van der Waals surface area (Å²) in [6.45, 7) is 0.287. The average molecular weight is 547 g/mol. The molecule has 0 spiro atoms. The minimum absolute atomic E-state index is 0.00914. The molecular weight excluding hydrogens is 512 g/mol. The van der Waals surface area contributed by atoms with Crippen molar-refractivity contribution < 1.29 is 29.4 Å². The number of imidazole rings is 1. The summed E-state index contributed by atoms with van der Waals surface area (Å²) in [4.78, 5) is 59.5. The fraction of sp³-hybridized carbons (Fsp3) is 0.480. The topological polar surface area (TPSA) is 191 Å². The number of benzene rings is 1. The number of carbonyl (C=O) groups is 4. The SMILES string of the molecule is CSCCC(N)C(=O)NC(Cc1ccc(O)cc1)C(=O)N1CCCC1C(=O)NC(Cc1cnc[nH]1)C(=O)O. The van der Waals surface area contributed by atoms with Crippen LogP contribution in [0.4, 0.5) is 0 Å². The molecule has 0 radical (unpaired) electrons. The van der Waals surface area contributed by atoms with Crippen LogP contribution in [-0.4, -0.2) is 91.5 Å². The molecule has 1 fully saturated rings. The Hall–Kier alpha value is -3.58. The molecule has 4 atom stereocenters. The van der Waals surface area contributed by atoms with Gasteiger partial charge < -0.3 is 36.5 Å². The van der Waals surface area contributed by atoms with Crippen molar-refractivity contribution in [3.05, 3.63) is 48.0 Å². The molecule has 3 rings (SSSR count). The first-order chi connectivity index (χ1) is 18.2. The molecule has 38 heavy (non-hydrogen) atoms. The number of thioether (sulfide) groups is 1. The van der Waals surface area contributed by atoms with Crippen LogP contribution < -0.4 is 16.4 Å². The molecule has 0 saturated carbocycles. The zero-order valence-corrected chi connectivity index (χ0v) is 21.9. The molecular formula is C25H34N6O6S. The number of aromatic amines is 1. The maximum Gasteiger partial charge on any atom is 0.326 e. The number of carboxylic acid groups (broad SMARTS) is 1. The van der Waals surface area contributed by atoms with Gasteiger partial charge in [0.1, 0.15) is 23.9 Å². The zero-order valence-electron chi connectivity index (χ0n) is 21.1. The number of rotatable bonds is 13. The number of hydrogen-bond acceptors (Lipinski definition) is 8. The Kier molecular flexibility index (Phi) is 10.5. The number of phenols is 1. The number of amides is 3. The standard InChI is InChI=1S/C25H34N6O6S/c1-38-10-8-18(26)22(33)29-19(11-15-4-6-17(32)7-5-15)24(35)31-9-2-3-21(31)23(34)30-20(25(36)37)12-16-13-27-14-28-16/h4-7,13-14,18-21,32H,2-3,8-12,26H2,1H3,(H,27,28)(H,29,33)(H,30,34)(H,36,37). The summed E-state index contributed by atoms with van der Waals surface area (Å²) in [6.07, 6.45) is 6.30. The number of carbonyl (C=O) groups excluding carboxylic acids is 3. The summed E-state index contributed by atoms with van der Waals surface area (Å²) >= 11 is 1.56. The molecule has 206 valence electrons. The van der Waals surface area contributed by atoms with Gasteiger partial charge in [0.05, 0.1) is 12.4 Å². The van der Waals surface area contributed by atoms with E-state index in [1.165, 1.54) is 29.6 Å². The smallest absolute Gasteiger partial charge is 0.326 e. The van der Waals surface area contributed by atoms with Gasteiger partial charge in [0, 0.05) is 31.3 Å². The first-order valence-electron chi connectivity index (χ1n) is 12.3. The lowest BCUT2D eigenvalue weighted by Crippen LogP contribution is -2.57. The predicted molar refractivity (Wildman–Crippen MR) is 141 cm³/mol.